The average Bonchev–Trinajstić information content (AvgIpc) is 2.62. The Bertz CT molecular complexity index is 701. The van der Waals surface area contributed by atoms with Crippen LogP contribution in [0.15, 0.2) is 54.6 Å². The highest BCUT2D eigenvalue weighted by Gasteiger charge is 2.22. The van der Waals surface area contributed by atoms with E-state index in [-0.39, 0.29) is 17.9 Å². The number of hydrogen-bond donors (Lipinski definition) is 2. The van der Waals surface area contributed by atoms with Crippen molar-refractivity contribution in [3.8, 4) is 0 Å². The molecule has 2 aromatic carbocycles. The zero-order valence-electron chi connectivity index (χ0n) is 14.5. The van der Waals surface area contributed by atoms with Gasteiger partial charge in [-0.05, 0) is 43.2 Å². The molecule has 0 heterocycles. The first-order chi connectivity index (χ1) is 12.0. The van der Waals surface area contributed by atoms with E-state index < -0.39 is 6.04 Å². The van der Waals surface area contributed by atoms with E-state index in [1.165, 1.54) is 0 Å². The zero-order chi connectivity index (χ0) is 18.2. The predicted octanol–water partition coefficient (Wildman–Crippen LogP) is 3.60. The van der Waals surface area contributed by atoms with Crippen LogP contribution in [0.2, 0.25) is 5.02 Å². The van der Waals surface area contributed by atoms with Crippen LogP contribution in [0.5, 0.6) is 0 Å². The van der Waals surface area contributed by atoms with Crippen LogP contribution in [-0.2, 0) is 11.2 Å². The molecule has 5 heteroatoms. The van der Waals surface area contributed by atoms with Gasteiger partial charge in [-0.1, -0.05) is 48.9 Å². The molecule has 25 heavy (non-hydrogen) atoms. The Balaban J connectivity index is 2.13. The standard InChI is InChI=1S/C20H23ClN2O2/c1-3-14(2)22-20(25)18(13-15-7-5-4-6-8-15)23-19(24)16-9-11-17(21)12-10-16/h4-12,14,18H,3,13H2,1-2H3,(H,22,25)(H,23,24). The van der Waals surface area contributed by atoms with Gasteiger partial charge in [-0.3, -0.25) is 9.59 Å². The van der Waals surface area contributed by atoms with Crippen molar-refractivity contribution in [3.05, 3.63) is 70.7 Å². The van der Waals surface area contributed by atoms with Gasteiger partial charge in [0.25, 0.3) is 5.91 Å². The lowest BCUT2D eigenvalue weighted by molar-refractivity contribution is -0.123. The van der Waals surface area contributed by atoms with Gasteiger partial charge < -0.3 is 10.6 Å². The summed E-state index contributed by atoms with van der Waals surface area (Å²) in [6.07, 6.45) is 1.26. The number of nitrogens with one attached hydrogen (secondary N) is 2. The van der Waals surface area contributed by atoms with Crippen molar-refractivity contribution < 1.29 is 9.59 Å². The van der Waals surface area contributed by atoms with E-state index in [9.17, 15) is 9.59 Å². The van der Waals surface area contributed by atoms with Crippen LogP contribution in [0.1, 0.15) is 36.2 Å². The molecule has 4 nitrogen and oxygen atoms in total. The molecule has 0 aliphatic rings. The smallest absolute Gasteiger partial charge is 0.251 e. The van der Waals surface area contributed by atoms with Gasteiger partial charge >= 0.3 is 0 Å². The molecule has 2 atom stereocenters. The van der Waals surface area contributed by atoms with Gasteiger partial charge in [0, 0.05) is 23.0 Å². The number of carbonyl (C=O) groups is 2. The van der Waals surface area contributed by atoms with Crippen molar-refractivity contribution in [1.82, 2.24) is 10.6 Å². The molecule has 0 spiro atoms. The largest absolute Gasteiger partial charge is 0.352 e. The van der Waals surface area contributed by atoms with E-state index in [1.54, 1.807) is 24.3 Å². The van der Waals surface area contributed by atoms with Crippen LogP contribution < -0.4 is 10.6 Å². The maximum atomic E-state index is 12.6. The highest BCUT2D eigenvalue weighted by atomic mass is 35.5. The fourth-order valence-corrected chi connectivity index (χ4v) is 2.47. The normalized spacial score (nSPS) is 12.9. The third-order valence-electron chi connectivity index (χ3n) is 4.01. The maximum Gasteiger partial charge on any atom is 0.251 e. The van der Waals surface area contributed by atoms with Crippen LogP contribution in [-0.4, -0.2) is 23.9 Å². The Kier molecular flexibility index (Phi) is 7.02. The number of halogens is 1. The Morgan fingerprint density at radius 2 is 1.64 bits per heavy atom. The van der Waals surface area contributed by atoms with E-state index in [1.807, 2.05) is 44.2 Å². The summed E-state index contributed by atoms with van der Waals surface area (Å²) >= 11 is 5.86. The topological polar surface area (TPSA) is 58.2 Å². The molecule has 2 N–H and O–H groups in total. The summed E-state index contributed by atoms with van der Waals surface area (Å²) in [6.45, 7) is 3.95. The van der Waals surface area contributed by atoms with Crippen LogP contribution >= 0.6 is 11.6 Å². The molecule has 0 saturated heterocycles. The Hall–Kier alpha value is -2.33. The summed E-state index contributed by atoms with van der Waals surface area (Å²) in [5, 5.41) is 6.34. The number of amides is 2. The van der Waals surface area contributed by atoms with Gasteiger partial charge in [0.15, 0.2) is 0 Å². The molecule has 0 radical (unpaired) electrons. The van der Waals surface area contributed by atoms with Crippen molar-refractivity contribution in [1.29, 1.82) is 0 Å². The van der Waals surface area contributed by atoms with E-state index in [2.05, 4.69) is 10.6 Å². The van der Waals surface area contributed by atoms with Gasteiger partial charge in [0.05, 0.1) is 0 Å². The molecular formula is C20H23ClN2O2. The van der Waals surface area contributed by atoms with E-state index in [0.717, 1.165) is 12.0 Å². The lowest BCUT2D eigenvalue weighted by Gasteiger charge is -2.21. The second-order valence-electron chi connectivity index (χ2n) is 6.04. The zero-order valence-corrected chi connectivity index (χ0v) is 15.2. The van der Waals surface area contributed by atoms with E-state index in [0.29, 0.717) is 17.0 Å². The minimum absolute atomic E-state index is 0.0539. The third-order valence-corrected chi connectivity index (χ3v) is 4.26. The minimum Gasteiger partial charge on any atom is -0.352 e. The van der Waals surface area contributed by atoms with Gasteiger partial charge in [-0.2, -0.15) is 0 Å². The van der Waals surface area contributed by atoms with Crippen LogP contribution in [0, 0.1) is 0 Å². The molecule has 2 unspecified atom stereocenters. The summed E-state index contributed by atoms with van der Waals surface area (Å²) < 4.78 is 0. The van der Waals surface area contributed by atoms with E-state index in [4.69, 9.17) is 11.6 Å². The molecule has 0 saturated carbocycles. The maximum absolute atomic E-state index is 12.6. The summed E-state index contributed by atoms with van der Waals surface area (Å²) in [6, 6.07) is 15.6. The number of benzene rings is 2. The van der Waals surface area contributed by atoms with E-state index >= 15 is 0 Å². The van der Waals surface area contributed by atoms with Crippen molar-refractivity contribution in [2.45, 2.75) is 38.8 Å². The second kappa shape index (κ2) is 9.23. The average molecular weight is 359 g/mol. The quantitative estimate of drug-likeness (QED) is 0.794. The lowest BCUT2D eigenvalue weighted by atomic mass is 10.0. The van der Waals surface area contributed by atoms with Crippen LogP contribution in [0.3, 0.4) is 0 Å². The predicted molar refractivity (Wildman–Crippen MR) is 101 cm³/mol. The summed E-state index contributed by atoms with van der Waals surface area (Å²) in [7, 11) is 0. The van der Waals surface area contributed by atoms with Gasteiger partial charge in [0.2, 0.25) is 5.91 Å². The Morgan fingerprint density at radius 1 is 1.00 bits per heavy atom. The molecule has 0 aliphatic heterocycles. The lowest BCUT2D eigenvalue weighted by Crippen LogP contribution is -2.50. The number of carbonyl (C=O) groups excluding carboxylic acids is 2. The van der Waals surface area contributed by atoms with Crippen LogP contribution in [0.4, 0.5) is 0 Å². The van der Waals surface area contributed by atoms with Crippen molar-refractivity contribution >= 4 is 23.4 Å². The Labute approximate surface area is 153 Å². The molecule has 2 amide bonds. The fraction of sp³-hybridized carbons (Fsp3) is 0.300. The first-order valence-corrected chi connectivity index (χ1v) is 8.78. The van der Waals surface area contributed by atoms with Crippen LogP contribution in [0.25, 0.3) is 0 Å². The molecule has 0 fully saturated rings. The van der Waals surface area contributed by atoms with Crippen molar-refractivity contribution in [2.75, 3.05) is 0 Å². The Morgan fingerprint density at radius 3 is 2.24 bits per heavy atom. The molecule has 0 aromatic heterocycles. The minimum atomic E-state index is -0.639. The molecule has 2 rings (SSSR count). The highest BCUT2D eigenvalue weighted by molar-refractivity contribution is 6.30. The SMILES string of the molecule is CCC(C)NC(=O)C(Cc1ccccc1)NC(=O)c1ccc(Cl)cc1. The summed E-state index contributed by atoms with van der Waals surface area (Å²) in [4.78, 5) is 25.1. The van der Waals surface area contributed by atoms with Crippen molar-refractivity contribution in [2.24, 2.45) is 0 Å². The number of hydrogen-bond acceptors (Lipinski definition) is 2. The molecule has 0 bridgehead atoms. The number of rotatable bonds is 7. The first kappa shape index (κ1) is 19.0. The molecule has 0 aliphatic carbocycles. The molecular weight excluding hydrogens is 336 g/mol. The van der Waals surface area contributed by atoms with Gasteiger partial charge in [-0.25, -0.2) is 0 Å². The monoisotopic (exact) mass is 358 g/mol. The van der Waals surface area contributed by atoms with Gasteiger partial charge in [-0.15, -0.1) is 0 Å². The second-order valence-corrected chi connectivity index (χ2v) is 6.48. The summed E-state index contributed by atoms with van der Waals surface area (Å²) in [5.41, 5.74) is 1.46. The van der Waals surface area contributed by atoms with Gasteiger partial charge in [0.1, 0.15) is 6.04 Å². The first-order valence-electron chi connectivity index (χ1n) is 8.40. The third kappa shape index (κ3) is 5.91. The fourth-order valence-electron chi connectivity index (χ4n) is 2.35. The molecule has 132 valence electrons. The highest BCUT2D eigenvalue weighted by Crippen LogP contribution is 2.10. The van der Waals surface area contributed by atoms with Crippen molar-refractivity contribution in [3.63, 3.8) is 0 Å². The molecule has 2 aromatic rings. The summed E-state index contributed by atoms with van der Waals surface area (Å²) in [5.74, 6) is -0.475.